The fourth-order valence-electron chi connectivity index (χ4n) is 4.98. The first-order valence-corrected chi connectivity index (χ1v) is 14.4. The van der Waals surface area contributed by atoms with Crippen LogP contribution in [-0.2, 0) is 6.54 Å². The van der Waals surface area contributed by atoms with Gasteiger partial charge in [-0.25, -0.2) is 9.55 Å². The second kappa shape index (κ2) is 21.1. The third kappa shape index (κ3) is 14.8. The highest BCUT2D eigenvalue weighted by Gasteiger charge is 2.21. The van der Waals surface area contributed by atoms with Crippen molar-refractivity contribution in [3.8, 4) is 0 Å². The van der Waals surface area contributed by atoms with Crippen LogP contribution in [0.3, 0.4) is 0 Å². The van der Waals surface area contributed by atoms with E-state index in [1.54, 1.807) is 0 Å². The lowest BCUT2D eigenvalue weighted by Crippen LogP contribution is -2.37. The molecule has 1 atom stereocenters. The van der Waals surface area contributed by atoms with Gasteiger partial charge in [-0.05, 0) is 19.3 Å². The molecule has 0 bridgehead atoms. The number of nitrogens with one attached hydrogen (secondary N) is 1. The number of rotatable bonds is 23. The molecule has 1 N–H and O–H groups in total. The molecule has 0 aliphatic carbocycles. The molecule has 182 valence electrons. The van der Waals surface area contributed by atoms with Gasteiger partial charge in [0.15, 0.2) is 0 Å². The number of hydrogen-bond donors (Lipinski definition) is 1. The van der Waals surface area contributed by atoms with Crippen molar-refractivity contribution in [1.29, 1.82) is 0 Å². The molecule has 0 unspecified atom stereocenters. The van der Waals surface area contributed by atoms with Gasteiger partial charge >= 0.3 is 0 Å². The molecule has 1 heterocycles. The summed E-state index contributed by atoms with van der Waals surface area (Å²) in [6.45, 7) is 8.05. The lowest BCUT2D eigenvalue weighted by atomic mass is 9.93. The lowest BCUT2D eigenvalue weighted by Gasteiger charge is -2.14. The number of aromatic nitrogens is 2. The molecule has 0 amide bonds. The number of hydrogen-bond acceptors (Lipinski definition) is 0. The van der Waals surface area contributed by atoms with Crippen molar-refractivity contribution in [3.63, 3.8) is 0 Å². The van der Waals surface area contributed by atoms with Gasteiger partial charge in [-0.1, -0.05) is 136 Å². The predicted molar refractivity (Wildman–Crippen MR) is 138 cm³/mol. The average molecular weight is 434 g/mol. The standard InChI is InChI=1S/C29H56N2/c1-4-7-9-10-11-12-13-14-15-16-17-18-19-20-22-24-28(23-21-8-5-2)29-30-25-27-31(29)26-6-3/h25,27-28H,4-24,26H2,1-3H3/p+1/t28-/m0/s1. The Morgan fingerprint density at radius 3 is 1.48 bits per heavy atom. The van der Waals surface area contributed by atoms with Gasteiger partial charge in [0, 0.05) is 0 Å². The Hall–Kier alpha value is -0.790. The number of H-pyrrole nitrogens is 1. The Morgan fingerprint density at radius 2 is 1.00 bits per heavy atom. The van der Waals surface area contributed by atoms with Crippen LogP contribution in [0.25, 0.3) is 0 Å². The van der Waals surface area contributed by atoms with Crippen molar-refractivity contribution in [2.24, 2.45) is 0 Å². The van der Waals surface area contributed by atoms with Crippen LogP contribution in [0.4, 0.5) is 0 Å². The molecule has 0 saturated carbocycles. The molecule has 0 spiro atoms. The SMILES string of the molecule is CCCCCCCCCCCCCCCCC[C@H](CCCCC)c1[nH]cc[n+]1CCC. The Kier molecular flexibility index (Phi) is 19.2. The summed E-state index contributed by atoms with van der Waals surface area (Å²) in [6, 6.07) is 0. The van der Waals surface area contributed by atoms with Gasteiger partial charge < -0.3 is 0 Å². The van der Waals surface area contributed by atoms with Gasteiger partial charge in [-0.2, -0.15) is 0 Å². The monoisotopic (exact) mass is 433 g/mol. The third-order valence-electron chi connectivity index (χ3n) is 6.96. The zero-order chi connectivity index (χ0) is 22.4. The van der Waals surface area contributed by atoms with Crippen LogP contribution in [0, 0.1) is 0 Å². The first-order valence-electron chi connectivity index (χ1n) is 14.4. The van der Waals surface area contributed by atoms with Crippen molar-refractivity contribution < 1.29 is 4.57 Å². The predicted octanol–water partition coefficient (Wildman–Crippen LogP) is 9.64. The molecule has 0 radical (unpaired) electrons. The summed E-state index contributed by atoms with van der Waals surface area (Å²) in [6.07, 6.45) is 34.2. The fourth-order valence-corrected chi connectivity index (χ4v) is 4.98. The third-order valence-corrected chi connectivity index (χ3v) is 6.96. The van der Waals surface area contributed by atoms with E-state index in [2.05, 4.69) is 42.7 Å². The molecule has 0 aromatic carbocycles. The molecule has 0 saturated heterocycles. The first kappa shape index (κ1) is 28.2. The summed E-state index contributed by atoms with van der Waals surface area (Å²) in [5, 5.41) is 0. The van der Waals surface area contributed by atoms with Crippen LogP contribution < -0.4 is 4.57 Å². The van der Waals surface area contributed by atoms with Gasteiger partial charge in [-0.3, -0.25) is 0 Å². The number of imidazole rings is 1. The van der Waals surface area contributed by atoms with Crippen LogP contribution >= 0.6 is 0 Å². The Labute approximate surface area is 196 Å². The molecule has 1 rings (SSSR count). The van der Waals surface area contributed by atoms with E-state index in [-0.39, 0.29) is 0 Å². The summed E-state index contributed by atoms with van der Waals surface area (Å²) in [7, 11) is 0. The summed E-state index contributed by atoms with van der Waals surface area (Å²) >= 11 is 0. The largest absolute Gasteiger partial charge is 0.257 e. The minimum atomic E-state index is 0.732. The van der Waals surface area contributed by atoms with Crippen LogP contribution in [0.1, 0.15) is 167 Å². The quantitative estimate of drug-likeness (QED) is 0.131. The molecule has 2 nitrogen and oxygen atoms in total. The van der Waals surface area contributed by atoms with Gasteiger partial charge in [0.2, 0.25) is 0 Å². The zero-order valence-corrected chi connectivity index (χ0v) is 21.7. The second-order valence-electron chi connectivity index (χ2n) is 9.97. The normalized spacial score (nSPS) is 12.5. The Balaban J connectivity index is 2.06. The molecule has 31 heavy (non-hydrogen) atoms. The van der Waals surface area contributed by atoms with Crippen molar-refractivity contribution >= 4 is 0 Å². The van der Waals surface area contributed by atoms with Gasteiger partial charge in [-0.15, -0.1) is 0 Å². The lowest BCUT2D eigenvalue weighted by molar-refractivity contribution is -0.704. The van der Waals surface area contributed by atoms with E-state index < -0.39 is 0 Å². The molecule has 0 aliphatic rings. The Morgan fingerprint density at radius 1 is 0.581 bits per heavy atom. The number of unbranched alkanes of at least 4 members (excludes halogenated alkanes) is 16. The van der Waals surface area contributed by atoms with E-state index in [0.29, 0.717) is 0 Å². The molecular formula is C29H57N2+. The summed E-state index contributed by atoms with van der Waals surface area (Å²) in [5.74, 6) is 2.22. The van der Waals surface area contributed by atoms with E-state index in [9.17, 15) is 0 Å². The number of aryl methyl sites for hydroxylation is 1. The van der Waals surface area contributed by atoms with Gasteiger partial charge in [0.1, 0.15) is 12.4 Å². The van der Waals surface area contributed by atoms with Gasteiger partial charge in [0.05, 0.1) is 12.5 Å². The summed E-state index contributed by atoms with van der Waals surface area (Å²) < 4.78 is 2.47. The topological polar surface area (TPSA) is 19.7 Å². The molecule has 1 aromatic rings. The van der Waals surface area contributed by atoms with Crippen LogP contribution in [-0.4, -0.2) is 4.98 Å². The molecular weight excluding hydrogens is 376 g/mol. The first-order chi connectivity index (χ1) is 15.3. The van der Waals surface area contributed by atoms with Crippen LogP contribution in [0.5, 0.6) is 0 Å². The minimum Gasteiger partial charge on any atom is -0.247 e. The van der Waals surface area contributed by atoms with E-state index >= 15 is 0 Å². The molecule has 2 heteroatoms. The zero-order valence-electron chi connectivity index (χ0n) is 21.7. The van der Waals surface area contributed by atoms with Crippen molar-refractivity contribution in [2.45, 2.75) is 168 Å². The highest BCUT2D eigenvalue weighted by Crippen LogP contribution is 2.25. The van der Waals surface area contributed by atoms with Crippen LogP contribution in [0.15, 0.2) is 12.4 Å². The average Bonchev–Trinajstić information content (AvgIpc) is 3.23. The highest BCUT2D eigenvalue weighted by atomic mass is 15.1. The van der Waals surface area contributed by atoms with E-state index in [4.69, 9.17) is 0 Å². The Bertz CT molecular complexity index is 479. The molecule has 0 fully saturated rings. The number of aromatic amines is 1. The maximum atomic E-state index is 3.58. The van der Waals surface area contributed by atoms with E-state index in [1.165, 1.54) is 141 Å². The van der Waals surface area contributed by atoms with Crippen molar-refractivity contribution in [3.05, 3.63) is 18.2 Å². The second-order valence-corrected chi connectivity index (χ2v) is 9.97. The van der Waals surface area contributed by atoms with E-state index in [0.717, 1.165) is 12.5 Å². The van der Waals surface area contributed by atoms with Crippen LogP contribution in [0.2, 0.25) is 0 Å². The van der Waals surface area contributed by atoms with Crippen molar-refractivity contribution in [2.75, 3.05) is 0 Å². The molecule has 0 aliphatic heterocycles. The number of nitrogens with zero attached hydrogens (tertiary/aromatic N) is 1. The smallest absolute Gasteiger partial charge is 0.247 e. The summed E-state index contributed by atoms with van der Waals surface area (Å²) in [5.41, 5.74) is 0. The minimum absolute atomic E-state index is 0.732. The van der Waals surface area contributed by atoms with Gasteiger partial charge in [0.25, 0.3) is 5.82 Å². The molecule has 1 aromatic heterocycles. The van der Waals surface area contributed by atoms with E-state index in [1.807, 2.05) is 0 Å². The van der Waals surface area contributed by atoms with Crippen molar-refractivity contribution in [1.82, 2.24) is 4.98 Å². The maximum Gasteiger partial charge on any atom is 0.257 e. The highest BCUT2D eigenvalue weighted by molar-refractivity contribution is 4.90. The fraction of sp³-hybridized carbons (Fsp3) is 0.897. The summed E-state index contributed by atoms with van der Waals surface area (Å²) in [4.78, 5) is 3.58. The maximum absolute atomic E-state index is 3.58.